The zero-order chi connectivity index (χ0) is 20.0. The number of aromatic nitrogens is 1. The Balaban J connectivity index is 2.20. The molecule has 0 aliphatic rings. The Hall–Kier alpha value is -2.49. The van der Waals surface area contributed by atoms with Gasteiger partial charge in [-0.25, -0.2) is 8.42 Å². The van der Waals surface area contributed by atoms with E-state index in [1.54, 1.807) is 19.9 Å². The molecule has 2 amide bonds. The summed E-state index contributed by atoms with van der Waals surface area (Å²) in [7, 11) is -3.75. The Morgan fingerprint density at radius 1 is 1.11 bits per heavy atom. The van der Waals surface area contributed by atoms with E-state index in [1.165, 1.54) is 41.0 Å². The second-order valence-corrected chi connectivity index (χ2v) is 7.73. The minimum atomic E-state index is -3.75. The fourth-order valence-electron chi connectivity index (χ4n) is 2.30. The number of benzene rings is 1. The molecule has 0 bridgehead atoms. The summed E-state index contributed by atoms with van der Waals surface area (Å²) in [6, 6.07) is 6.95. The number of sulfonamides is 1. The molecule has 27 heavy (non-hydrogen) atoms. The van der Waals surface area contributed by atoms with Crippen molar-refractivity contribution in [3.8, 4) is 0 Å². The highest BCUT2D eigenvalue weighted by Crippen LogP contribution is 2.23. The van der Waals surface area contributed by atoms with Crippen molar-refractivity contribution < 1.29 is 18.0 Å². The molecule has 1 aromatic heterocycles. The van der Waals surface area contributed by atoms with Crippen LogP contribution in [0.25, 0.3) is 0 Å². The first-order valence-electron chi connectivity index (χ1n) is 8.11. The van der Waals surface area contributed by atoms with Crippen LogP contribution in [-0.4, -0.2) is 42.6 Å². The van der Waals surface area contributed by atoms with Gasteiger partial charge in [0.25, 0.3) is 11.8 Å². The molecule has 144 valence electrons. The minimum absolute atomic E-state index is 0.0562. The summed E-state index contributed by atoms with van der Waals surface area (Å²) in [6.07, 6.45) is 2.85. The number of nitrogens with one attached hydrogen (secondary N) is 2. The van der Waals surface area contributed by atoms with E-state index in [4.69, 9.17) is 11.6 Å². The third-order valence-electron chi connectivity index (χ3n) is 3.74. The smallest absolute Gasteiger partial charge is 0.267 e. The molecule has 10 heteroatoms. The molecule has 0 saturated carbocycles. The number of carbonyl (C=O) groups is 2. The van der Waals surface area contributed by atoms with E-state index >= 15 is 0 Å². The largest absolute Gasteiger partial charge is 0.271 e. The van der Waals surface area contributed by atoms with Crippen molar-refractivity contribution in [2.45, 2.75) is 18.7 Å². The maximum atomic E-state index is 12.6. The number of hydrogen-bond donors (Lipinski definition) is 2. The van der Waals surface area contributed by atoms with Crippen LogP contribution in [-0.2, 0) is 10.0 Å². The summed E-state index contributed by atoms with van der Waals surface area (Å²) >= 11 is 6.03. The lowest BCUT2D eigenvalue weighted by Gasteiger charge is -2.19. The summed E-state index contributed by atoms with van der Waals surface area (Å²) in [5, 5.41) is 0.0571. The summed E-state index contributed by atoms with van der Waals surface area (Å²) < 4.78 is 26.5. The predicted molar refractivity (Wildman–Crippen MR) is 101 cm³/mol. The zero-order valence-corrected chi connectivity index (χ0v) is 16.3. The molecule has 0 saturated heterocycles. The van der Waals surface area contributed by atoms with Crippen molar-refractivity contribution in [3.05, 3.63) is 58.9 Å². The average Bonchev–Trinajstić information content (AvgIpc) is 2.67. The van der Waals surface area contributed by atoms with E-state index in [1.807, 2.05) is 0 Å². The van der Waals surface area contributed by atoms with Crippen LogP contribution in [0.4, 0.5) is 0 Å². The van der Waals surface area contributed by atoms with Gasteiger partial charge in [0.15, 0.2) is 0 Å². The Kier molecular flexibility index (Phi) is 6.89. The summed E-state index contributed by atoms with van der Waals surface area (Å²) in [4.78, 5) is 28.1. The van der Waals surface area contributed by atoms with E-state index in [0.717, 1.165) is 0 Å². The highest BCUT2D eigenvalue weighted by atomic mass is 35.5. The summed E-state index contributed by atoms with van der Waals surface area (Å²) in [5.74, 6) is -1.31. The standard InChI is InChI=1S/C17H19ClN4O4S/c1-3-22(4-2)27(25,26)13-7-8-15(18)14(10-13)17(24)21-20-16(23)12-6-5-9-19-11-12/h5-11H,3-4H2,1-2H3,(H,20,23)(H,21,24). The summed E-state index contributed by atoms with van der Waals surface area (Å²) in [5.41, 5.74) is 4.62. The van der Waals surface area contributed by atoms with Gasteiger partial charge in [-0.1, -0.05) is 25.4 Å². The quantitative estimate of drug-likeness (QED) is 0.706. The van der Waals surface area contributed by atoms with Crippen molar-refractivity contribution >= 4 is 33.4 Å². The van der Waals surface area contributed by atoms with E-state index in [2.05, 4.69) is 15.8 Å². The number of carbonyl (C=O) groups excluding carboxylic acids is 2. The van der Waals surface area contributed by atoms with Gasteiger partial charge in [-0.2, -0.15) is 4.31 Å². The van der Waals surface area contributed by atoms with E-state index in [9.17, 15) is 18.0 Å². The first kappa shape index (κ1) is 20.8. The Labute approximate surface area is 162 Å². The van der Waals surface area contributed by atoms with Gasteiger partial charge < -0.3 is 0 Å². The maximum absolute atomic E-state index is 12.6. The van der Waals surface area contributed by atoms with Crippen LogP contribution in [0.5, 0.6) is 0 Å². The lowest BCUT2D eigenvalue weighted by molar-refractivity contribution is 0.0846. The molecule has 2 N–H and O–H groups in total. The van der Waals surface area contributed by atoms with Crippen LogP contribution in [0.3, 0.4) is 0 Å². The highest BCUT2D eigenvalue weighted by molar-refractivity contribution is 7.89. The van der Waals surface area contributed by atoms with E-state index in [-0.39, 0.29) is 21.0 Å². The monoisotopic (exact) mass is 410 g/mol. The molecule has 0 spiro atoms. The van der Waals surface area contributed by atoms with Crippen LogP contribution in [0, 0.1) is 0 Å². The van der Waals surface area contributed by atoms with Crippen molar-refractivity contribution in [2.24, 2.45) is 0 Å². The highest BCUT2D eigenvalue weighted by Gasteiger charge is 2.24. The molecular weight excluding hydrogens is 392 g/mol. The van der Waals surface area contributed by atoms with E-state index in [0.29, 0.717) is 13.1 Å². The first-order valence-corrected chi connectivity index (χ1v) is 9.93. The Morgan fingerprint density at radius 3 is 2.37 bits per heavy atom. The molecule has 1 aromatic carbocycles. The lowest BCUT2D eigenvalue weighted by Crippen LogP contribution is -2.41. The van der Waals surface area contributed by atoms with Crippen LogP contribution < -0.4 is 10.9 Å². The van der Waals surface area contributed by atoms with Crippen molar-refractivity contribution in [3.63, 3.8) is 0 Å². The predicted octanol–water partition coefficient (Wildman–Crippen LogP) is 1.84. The molecule has 8 nitrogen and oxygen atoms in total. The van der Waals surface area contributed by atoms with Gasteiger partial charge in [-0.05, 0) is 30.3 Å². The minimum Gasteiger partial charge on any atom is -0.267 e. The third-order valence-corrected chi connectivity index (χ3v) is 6.11. The van der Waals surface area contributed by atoms with Gasteiger partial charge in [0.1, 0.15) is 0 Å². The fraction of sp³-hybridized carbons (Fsp3) is 0.235. The molecule has 0 fully saturated rings. The van der Waals surface area contributed by atoms with Gasteiger partial charge >= 0.3 is 0 Å². The third kappa shape index (κ3) is 4.82. The molecule has 0 aliphatic carbocycles. The number of nitrogens with zero attached hydrogens (tertiary/aromatic N) is 2. The van der Waals surface area contributed by atoms with Gasteiger partial charge in [-0.3, -0.25) is 25.4 Å². The number of pyridine rings is 1. The number of amides is 2. The van der Waals surface area contributed by atoms with E-state index < -0.39 is 21.8 Å². The lowest BCUT2D eigenvalue weighted by atomic mass is 10.2. The molecular formula is C17H19ClN4O4S. The fourth-order valence-corrected chi connectivity index (χ4v) is 3.99. The number of hydrazine groups is 1. The van der Waals surface area contributed by atoms with Crippen molar-refractivity contribution in [1.29, 1.82) is 0 Å². The second kappa shape index (κ2) is 8.94. The molecule has 2 rings (SSSR count). The topological polar surface area (TPSA) is 108 Å². The van der Waals surface area contributed by atoms with Crippen LogP contribution in [0.2, 0.25) is 5.02 Å². The Morgan fingerprint density at radius 2 is 1.78 bits per heavy atom. The summed E-state index contributed by atoms with van der Waals surface area (Å²) in [6.45, 7) is 4.03. The van der Waals surface area contributed by atoms with Crippen LogP contribution in [0.1, 0.15) is 34.6 Å². The number of rotatable bonds is 6. The maximum Gasteiger partial charge on any atom is 0.271 e. The molecule has 1 heterocycles. The Bertz CT molecular complexity index is 931. The van der Waals surface area contributed by atoms with Crippen LogP contribution >= 0.6 is 11.6 Å². The SMILES string of the molecule is CCN(CC)S(=O)(=O)c1ccc(Cl)c(C(=O)NNC(=O)c2cccnc2)c1. The first-order chi connectivity index (χ1) is 12.8. The molecule has 0 atom stereocenters. The molecule has 2 aromatic rings. The normalized spacial score (nSPS) is 11.3. The average molecular weight is 411 g/mol. The van der Waals surface area contributed by atoms with Crippen molar-refractivity contribution in [2.75, 3.05) is 13.1 Å². The van der Waals surface area contributed by atoms with Gasteiger partial charge in [0, 0.05) is 25.5 Å². The van der Waals surface area contributed by atoms with Gasteiger partial charge in [0.2, 0.25) is 10.0 Å². The molecule has 0 radical (unpaired) electrons. The van der Waals surface area contributed by atoms with Crippen molar-refractivity contribution in [1.82, 2.24) is 20.1 Å². The van der Waals surface area contributed by atoms with Gasteiger partial charge in [-0.15, -0.1) is 0 Å². The molecule has 0 aliphatic heterocycles. The number of halogens is 1. The second-order valence-electron chi connectivity index (χ2n) is 5.38. The zero-order valence-electron chi connectivity index (χ0n) is 14.8. The van der Waals surface area contributed by atoms with Gasteiger partial charge in [0.05, 0.1) is 21.0 Å². The van der Waals surface area contributed by atoms with Crippen LogP contribution in [0.15, 0.2) is 47.6 Å². The number of hydrogen-bond acceptors (Lipinski definition) is 5. The molecule has 0 unspecified atom stereocenters.